The van der Waals surface area contributed by atoms with Crippen LogP contribution in [0.25, 0.3) is 0 Å². The molecule has 0 radical (unpaired) electrons. The average Bonchev–Trinajstić information content (AvgIpc) is 3.27. The van der Waals surface area contributed by atoms with E-state index in [2.05, 4.69) is 23.6 Å². The number of nitrogens with zero attached hydrogens (tertiary/aromatic N) is 2. The molecule has 0 aromatic heterocycles. The van der Waals surface area contributed by atoms with E-state index in [0.717, 1.165) is 61.1 Å². The highest BCUT2D eigenvalue weighted by Gasteiger charge is 2.53. The molecule has 212 valence electrons. The highest BCUT2D eigenvalue weighted by Crippen LogP contribution is 2.50. The fraction of sp³-hybridized carbons (Fsp3) is 0.567. The minimum atomic E-state index is -4.42. The lowest BCUT2D eigenvalue weighted by molar-refractivity contribution is -0.142. The van der Waals surface area contributed by atoms with E-state index in [1.807, 2.05) is 0 Å². The molecule has 1 saturated carbocycles. The van der Waals surface area contributed by atoms with E-state index >= 15 is 0 Å². The van der Waals surface area contributed by atoms with E-state index in [1.165, 1.54) is 24.3 Å². The van der Waals surface area contributed by atoms with Crippen LogP contribution in [0, 0.1) is 17.8 Å². The Bertz CT molecular complexity index is 1100. The Balaban J connectivity index is 1.41. The van der Waals surface area contributed by atoms with E-state index in [1.54, 1.807) is 0 Å². The first-order valence-electron chi connectivity index (χ1n) is 13.7. The van der Waals surface area contributed by atoms with Crippen molar-refractivity contribution in [1.82, 2.24) is 9.80 Å². The summed E-state index contributed by atoms with van der Waals surface area (Å²) in [7, 11) is 0. The molecule has 2 heterocycles. The Morgan fingerprint density at radius 2 is 1.28 bits per heavy atom. The van der Waals surface area contributed by atoms with Crippen LogP contribution in [0.1, 0.15) is 68.2 Å². The topological polar surface area (TPSA) is 23.6 Å². The van der Waals surface area contributed by atoms with Gasteiger partial charge in [0.15, 0.2) is 0 Å². The summed E-state index contributed by atoms with van der Waals surface area (Å²) < 4.78 is 78.7. The second kappa shape index (κ2) is 10.5. The van der Waals surface area contributed by atoms with E-state index in [4.69, 9.17) is 0 Å². The summed E-state index contributed by atoms with van der Waals surface area (Å²) in [6.45, 7) is 5.09. The molecule has 3 nitrogen and oxygen atoms in total. The first kappa shape index (κ1) is 28.0. The van der Waals surface area contributed by atoms with Crippen molar-refractivity contribution in [1.29, 1.82) is 0 Å². The van der Waals surface area contributed by atoms with Crippen LogP contribution in [-0.4, -0.2) is 33.8 Å². The molecular weight excluding hydrogens is 518 g/mol. The lowest BCUT2D eigenvalue weighted by Crippen LogP contribution is -2.55. The molecule has 3 fully saturated rings. The van der Waals surface area contributed by atoms with E-state index in [-0.39, 0.29) is 24.0 Å². The Labute approximate surface area is 225 Å². The molecule has 39 heavy (non-hydrogen) atoms. The van der Waals surface area contributed by atoms with Gasteiger partial charge in [0, 0.05) is 37.6 Å². The Hall–Kier alpha value is -2.55. The van der Waals surface area contributed by atoms with Crippen molar-refractivity contribution >= 4 is 5.91 Å². The third-order valence-electron chi connectivity index (χ3n) is 8.98. The molecule has 0 N–H and O–H groups in total. The van der Waals surface area contributed by atoms with Crippen LogP contribution in [0.4, 0.5) is 26.3 Å². The maximum atomic E-state index is 13.1. The summed E-state index contributed by atoms with van der Waals surface area (Å²) in [6.07, 6.45) is -4.83. The first-order valence-corrected chi connectivity index (χ1v) is 13.7. The number of alkyl halides is 6. The van der Waals surface area contributed by atoms with Gasteiger partial charge in [0.1, 0.15) is 0 Å². The van der Waals surface area contributed by atoms with Crippen LogP contribution in [0.5, 0.6) is 0 Å². The van der Waals surface area contributed by atoms with Gasteiger partial charge >= 0.3 is 12.4 Å². The monoisotopic (exact) mass is 552 g/mol. The maximum absolute atomic E-state index is 13.1. The second-order valence-electron chi connectivity index (χ2n) is 11.8. The van der Waals surface area contributed by atoms with Crippen molar-refractivity contribution in [2.24, 2.45) is 17.8 Å². The number of carbonyl (C=O) groups is 1. The van der Waals surface area contributed by atoms with Gasteiger partial charge in [-0.2, -0.15) is 26.3 Å². The number of rotatable bonds is 6. The Kier molecular flexibility index (Phi) is 7.50. The maximum Gasteiger partial charge on any atom is 0.416 e. The largest absolute Gasteiger partial charge is 0.416 e. The number of benzene rings is 2. The van der Waals surface area contributed by atoms with Gasteiger partial charge in [-0.1, -0.05) is 38.1 Å². The van der Waals surface area contributed by atoms with Gasteiger partial charge in [-0.05, 0) is 78.8 Å². The Morgan fingerprint density at radius 3 is 1.74 bits per heavy atom. The van der Waals surface area contributed by atoms with E-state index in [0.29, 0.717) is 37.3 Å². The number of halogens is 6. The molecule has 0 spiro atoms. The molecule has 5 atom stereocenters. The molecule has 2 unspecified atom stereocenters. The molecular formula is C30H34F6N2O. The van der Waals surface area contributed by atoms with Crippen molar-refractivity contribution in [2.75, 3.05) is 0 Å². The number of carbonyl (C=O) groups excluding carboxylic acids is 1. The van der Waals surface area contributed by atoms with Crippen LogP contribution < -0.4 is 0 Å². The van der Waals surface area contributed by atoms with Crippen LogP contribution in [0.3, 0.4) is 0 Å². The molecule has 2 aliphatic heterocycles. The molecule has 3 aliphatic rings. The molecule has 2 aromatic rings. The van der Waals surface area contributed by atoms with E-state index < -0.39 is 23.5 Å². The van der Waals surface area contributed by atoms with Gasteiger partial charge in [-0.3, -0.25) is 9.69 Å². The van der Waals surface area contributed by atoms with Crippen molar-refractivity contribution in [3.8, 4) is 0 Å². The molecule has 2 aromatic carbocycles. The summed E-state index contributed by atoms with van der Waals surface area (Å²) >= 11 is 0. The summed E-state index contributed by atoms with van der Waals surface area (Å²) in [5, 5.41) is 0. The molecule has 5 rings (SSSR count). The van der Waals surface area contributed by atoms with Gasteiger partial charge in [-0.15, -0.1) is 0 Å². The molecule has 2 saturated heterocycles. The standard InChI is InChI=1S/C30H34F6N2O/c1-18(2)26-15-22-14-25(13-21-7-12-27(39)38(26)28(21)22)37(16-19-3-8-23(9-4-19)29(31,32)33)17-20-5-10-24(11-6-20)30(34,35)36/h3-6,8-11,18,21-22,25-26,28H,7,12-17H2,1-2H3/t21-,22?,25+,26-,28?/m1/s1. The van der Waals surface area contributed by atoms with Crippen LogP contribution in [0.15, 0.2) is 48.5 Å². The normalized spacial score (nSPS) is 27.4. The zero-order valence-corrected chi connectivity index (χ0v) is 22.1. The summed E-state index contributed by atoms with van der Waals surface area (Å²) in [5.41, 5.74) is 0.0327. The van der Waals surface area contributed by atoms with E-state index in [9.17, 15) is 31.1 Å². The van der Waals surface area contributed by atoms with Crippen molar-refractivity contribution in [2.45, 2.75) is 89.5 Å². The van der Waals surface area contributed by atoms with Crippen LogP contribution in [0.2, 0.25) is 0 Å². The second-order valence-corrected chi connectivity index (χ2v) is 11.8. The average molecular weight is 553 g/mol. The minimum absolute atomic E-state index is 0.113. The first-order chi connectivity index (χ1) is 18.3. The molecule has 1 aliphatic carbocycles. The lowest BCUT2D eigenvalue weighted by Gasteiger charge is -2.48. The smallest absolute Gasteiger partial charge is 0.336 e. The minimum Gasteiger partial charge on any atom is -0.336 e. The van der Waals surface area contributed by atoms with Gasteiger partial charge < -0.3 is 4.90 Å². The zero-order valence-electron chi connectivity index (χ0n) is 22.1. The molecule has 0 bridgehead atoms. The quantitative estimate of drug-likeness (QED) is 0.346. The van der Waals surface area contributed by atoms with Crippen LogP contribution in [-0.2, 0) is 30.2 Å². The number of hydrogen-bond acceptors (Lipinski definition) is 2. The van der Waals surface area contributed by atoms with Gasteiger partial charge in [0.25, 0.3) is 0 Å². The summed E-state index contributed by atoms with van der Waals surface area (Å²) in [4.78, 5) is 17.2. The third-order valence-corrected chi connectivity index (χ3v) is 8.98. The summed E-state index contributed by atoms with van der Waals surface area (Å²) in [5.74, 6) is 1.28. The lowest BCUT2D eigenvalue weighted by atomic mass is 9.71. The summed E-state index contributed by atoms with van der Waals surface area (Å²) in [6, 6.07) is 10.8. The van der Waals surface area contributed by atoms with Gasteiger partial charge in [0.05, 0.1) is 11.1 Å². The molecule has 9 heteroatoms. The SMILES string of the molecule is CC(C)[C@H]1CC2C[C@@H](N(Cc3ccc(C(F)(F)F)cc3)Cc3ccc(C(F)(F)F)cc3)C[C@H]3CCC(=O)N1C23. The molecule has 1 amide bonds. The van der Waals surface area contributed by atoms with Gasteiger partial charge in [0.2, 0.25) is 5.91 Å². The number of piperidine rings is 1. The third kappa shape index (κ3) is 5.83. The van der Waals surface area contributed by atoms with Crippen molar-refractivity contribution < 1.29 is 31.1 Å². The highest BCUT2D eigenvalue weighted by molar-refractivity contribution is 5.78. The van der Waals surface area contributed by atoms with Crippen molar-refractivity contribution in [3.05, 3.63) is 70.8 Å². The van der Waals surface area contributed by atoms with Gasteiger partial charge in [-0.25, -0.2) is 0 Å². The zero-order chi connectivity index (χ0) is 28.1. The fourth-order valence-electron chi connectivity index (χ4n) is 7.14. The predicted octanol–water partition coefficient (Wildman–Crippen LogP) is 7.54. The number of amides is 1. The Morgan fingerprint density at radius 1 is 0.795 bits per heavy atom. The highest BCUT2D eigenvalue weighted by atomic mass is 19.4. The van der Waals surface area contributed by atoms with Crippen molar-refractivity contribution in [3.63, 3.8) is 0 Å². The van der Waals surface area contributed by atoms with Crippen LogP contribution >= 0.6 is 0 Å². The number of hydrogen-bond donors (Lipinski definition) is 0. The predicted molar refractivity (Wildman–Crippen MR) is 135 cm³/mol. The fourth-order valence-corrected chi connectivity index (χ4v) is 7.14.